The Morgan fingerprint density at radius 2 is 1.82 bits per heavy atom. The van der Waals surface area contributed by atoms with Gasteiger partial charge < -0.3 is 15.6 Å². The Kier molecular flexibility index (Phi) is 3.82. The lowest BCUT2D eigenvalue weighted by molar-refractivity contribution is -0.117. The van der Waals surface area contributed by atoms with Crippen LogP contribution in [0.3, 0.4) is 0 Å². The Labute approximate surface area is 97.0 Å². The van der Waals surface area contributed by atoms with Crippen molar-refractivity contribution < 1.29 is 24.2 Å². The van der Waals surface area contributed by atoms with Crippen LogP contribution in [0, 0.1) is 0 Å². The van der Waals surface area contributed by atoms with Crippen LogP contribution < -0.4 is 5.73 Å². The van der Waals surface area contributed by atoms with E-state index in [1.54, 1.807) is 0 Å². The normalized spacial score (nSPS) is 9.71. The van der Waals surface area contributed by atoms with Gasteiger partial charge in [0.05, 0.1) is 24.7 Å². The molecule has 0 aliphatic rings. The number of carboxylic acids is 1. The Balaban J connectivity index is 3.23. The van der Waals surface area contributed by atoms with Crippen LogP contribution in [0.15, 0.2) is 18.2 Å². The molecule has 0 fully saturated rings. The van der Waals surface area contributed by atoms with E-state index in [1.165, 1.54) is 25.3 Å². The lowest BCUT2D eigenvalue weighted by Gasteiger charge is -2.05. The van der Waals surface area contributed by atoms with Crippen molar-refractivity contribution in [3.05, 3.63) is 34.9 Å². The van der Waals surface area contributed by atoms with E-state index in [9.17, 15) is 14.4 Å². The zero-order valence-electron chi connectivity index (χ0n) is 9.10. The van der Waals surface area contributed by atoms with Gasteiger partial charge in [-0.1, -0.05) is 0 Å². The summed E-state index contributed by atoms with van der Waals surface area (Å²) in [5, 5.41) is 8.85. The highest BCUT2D eigenvalue weighted by molar-refractivity contribution is 5.95. The molecule has 17 heavy (non-hydrogen) atoms. The van der Waals surface area contributed by atoms with E-state index in [2.05, 4.69) is 4.74 Å². The van der Waals surface area contributed by atoms with Gasteiger partial charge in [0.15, 0.2) is 0 Å². The zero-order valence-corrected chi connectivity index (χ0v) is 9.10. The molecule has 0 aliphatic heterocycles. The maximum atomic E-state index is 11.3. The average molecular weight is 237 g/mol. The van der Waals surface area contributed by atoms with Gasteiger partial charge in [0.1, 0.15) is 0 Å². The molecule has 90 valence electrons. The second-order valence-electron chi connectivity index (χ2n) is 3.36. The third-order valence-corrected chi connectivity index (χ3v) is 2.04. The molecule has 0 aliphatic carbocycles. The summed E-state index contributed by atoms with van der Waals surface area (Å²) in [5.41, 5.74) is 5.35. The van der Waals surface area contributed by atoms with Gasteiger partial charge in [-0.15, -0.1) is 0 Å². The molecule has 0 atom stereocenters. The van der Waals surface area contributed by atoms with Crippen LogP contribution in [0.4, 0.5) is 0 Å². The van der Waals surface area contributed by atoms with Gasteiger partial charge in [0.2, 0.25) is 5.91 Å². The molecular weight excluding hydrogens is 226 g/mol. The third kappa shape index (κ3) is 3.30. The Morgan fingerprint density at radius 3 is 2.29 bits per heavy atom. The smallest absolute Gasteiger partial charge is 0.337 e. The number of benzene rings is 1. The van der Waals surface area contributed by atoms with Crippen molar-refractivity contribution in [3.8, 4) is 0 Å². The number of esters is 1. The minimum absolute atomic E-state index is 0.0728. The predicted octanol–water partition coefficient (Wildman–Crippen LogP) is 0.199. The summed E-state index contributed by atoms with van der Waals surface area (Å²) in [6.07, 6.45) is -0.134. The molecule has 6 nitrogen and oxygen atoms in total. The van der Waals surface area contributed by atoms with Crippen molar-refractivity contribution in [2.24, 2.45) is 5.73 Å². The van der Waals surface area contributed by atoms with Gasteiger partial charge in [-0.2, -0.15) is 0 Å². The van der Waals surface area contributed by atoms with Crippen LogP contribution in [0.25, 0.3) is 0 Å². The van der Waals surface area contributed by atoms with E-state index in [0.29, 0.717) is 5.56 Å². The van der Waals surface area contributed by atoms with Crippen LogP contribution in [0.2, 0.25) is 0 Å². The zero-order chi connectivity index (χ0) is 13.0. The van der Waals surface area contributed by atoms with E-state index in [4.69, 9.17) is 10.8 Å². The first-order chi connectivity index (χ1) is 7.93. The number of rotatable bonds is 4. The number of amides is 1. The van der Waals surface area contributed by atoms with Gasteiger partial charge in [0.25, 0.3) is 0 Å². The molecule has 1 rings (SSSR count). The first kappa shape index (κ1) is 12.7. The Bertz CT molecular complexity index is 481. The number of methoxy groups -OCH3 is 1. The minimum atomic E-state index is -1.19. The predicted molar refractivity (Wildman–Crippen MR) is 57.6 cm³/mol. The molecule has 0 saturated heterocycles. The maximum absolute atomic E-state index is 11.3. The van der Waals surface area contributed by atoms with Gasteiger partial charge >= 0.3 is 11.9 Å². The fourth-order valence-electron chi connectivity index (χ4n) is 1.35. The number of hydrogen-bond acceptors (Lipinski definition) is 4. The standard InChI is InChI=1S/C11H11NO5/c1-17-11(16)8-3-6(4-9(12)13)2-7(5-8)10(14)15/h2-3,5H,4H2,1H3,(H2,12,13)(H,14,15). The molecule has 3 N–H and O–H groups in total. The minimum Gasteiger partial charge on any atom is -0.478 e. The molecule has 0 radical (unpaired) electrons. The van der Waals surface area contributed by atoms with E-state index in [-0.39, 0.29) is 17.5 Å². The van der Waals surface area contributed by atoms with Crippen molar-refractivity contribution in [2.75, 3.05) is 7.11 Å². The van der Waals surface area contributed by atoms with Crippen molar-refractivity contribution >= 4 is 17.8 Å². The fourth-order valence-corrected chi connectivity index (χ4v) is 1.35. The molecule has 0 aromatic heterocycles. The van der Waals surface area contributed by atoms with E-state index in [1.807, 2.05) is 0 Å². The molecule has 1 amide bonds. The molecule has 6 heteroatoms. The number of aromatic carboxylic acids is 1. The number of hydrogen-bond donors (Lipinski definition) is 2. The molecule has 0 spiro atoms. The van der Waals surface area contributed by atoms with Crippen LogP contribution in [-0.4, -0.2) is 30.1 Å². The number of carbonyl (C=O) groups is 3. The SMILES string of the molecule is COC(=O)c1cc(CC(N)=O)cc(C(=O)O)c1. The molecule has 1 aromatic rings. The second-order valence-corrected chi connectivity index (χ2v) is 3.36. The van der Waals surface area contributed by atoms with Crippen LogP contribution >= 0.6 is 0 Å². The van der Waals surface area contributed by atoms with Gasteiger partial charge in [-0.3, -0.25) is 4.79 Å². The lowest BCUT2D eigenvalue weighted by atomic mass is 10.0. The fraction of sp³-hybridized carbons (Fsp3) is 0.182. The monoisotopic (exact) mass is 237 g/mol. The summed E-state index contributed by atoms with van der Waals surface area (Å²) < 4.78 is 4.48. The van der Waals surface area contributed by atoms with Crippen LogP contribution in [0.5, 0.6) is 0 Å². The lowest BCUT2D eigenvalue weighted by Crippen LogP contribution is -2.15. The van der Waals surface area contributed by atoms with Crippen molar-refractivity contribution in [3.63, 3.8) is 0 Å². The Morgan fingerprint density at radius 1 is 1.24 bits per heavy atom. The molecular formula is C11H11NO5. The van der Waals surface area contributed by atoms with Crippen molar-refractivity contribution in [1.29, 1.82) is 0 Å². The highest BCUT2D eigenvalue weighted by atomic mass is 16.5. The number of carboxylic acid groups (broad SMARTS) is 1. The summed E-state index contributed by atoms with van der Waals surface area (Å²) >= 11 is 0. The first-order valence-electron chi connectivity index (χ1n) is 4.68. The molecule has 1 aromatic carbocycles. The van der Waals surface area contributed by atoms with E-state index < -0.39 is 17.8 Å². The average Bonchev–Trinajstić information content (AvgIpc) is 2.26. The highest BCUT2D eigenvalue weighted by Crippen LogP contribution is 2.12. The summed E-state index contributed by atoms with van der Waals surface area (Å²) in [6, 6.07) is 3.85. The van der Waals surface area contributed by atoms with Crippen LogP contribution in [0.1, 0.15) is 26.3 Å². The molecule has 0 bridgehead atoms. The molecule has 0 unspecified atom stereocenters. The van der Waals surface area contributed by atoms with Crippen molar-refractivity contribution in [1.82, 2.24) is 0 Å². The number of carbonyl (C=O) groups excluding carboxylic acids is 2. The number of ether oxygens (including phenoxy) is 1. The van der Waals surface area contributed by atoms with E-state index >= 15 is 0 Å². The largest absolute Gasteiger partial charge is 0.478 e. The van der Waals surface area contributed by atoms with Crippen LogP contribution in [-0.2, 0) is 16.0 Å². The summed E-state index contributed by atoms with van der Waals surface area (Å²) in [5.74, 6) is -2.47. The van der Waals surface area contributed by atoms with Gasteiger partial charge in [-0.25, -0.2) is 9.59 Å². The quantitative estimate of drug-likeness (QED) is 0.727. The number of primary amides is 1. The van der Waals surface area contributed by atoms with Gasteiger partial charge in [-0.05, 0) is 23.8 Å². The summed E-state index contributed by atoms with van der Waals surface area (Å²) in [7, 11) is 1.18. The topological polar surface area (TPSA) is 107 Å². The highest BCUT2D eigenvalue weighted by Gasteiger charge is 2.13. The van der Waals surface area contributed by atoms with E-state index in [0.717, 1.165) is 0 Å². The molecule has 0 heterocycles. The number of nitrogens with two attached hydrogens (primary N) is 1. The third-order valence-electron chi connectivity index (χ3n) is 2.04. The Hall–Kier alpha value is -2.37. The second kappa shape index (κ2) is 5.11. The maximum Gasteiger partial charge on any atom is 0.337 e. The summed E-state index contributed by atoms with van der Waals surface area (Å²) in [4.78, 5) is 32.9. The van der Waals surface area contributed by atoms with Gasteiger partial charge in [0, 0.05) is 0 Å². The first-order valence-corrected chi connectivity index (χ1v) is 4.68. The molecule has 0 saturated carbocycles. The summed E-state index contributed by atoms with van der Waals surface area (Å²) in [6.45, 7) is 0. The van der Waals surface area contributed by atoms with Crippen molar-refractivity contribution in [2.45, 2.75) is 6.42 Å².